The number of alkyl halides is 2. The maximum Gasteiger partial charge on any atom is 0.388 e. The SMILES string of the molecule is CCCCCCCCCCSc1cc(F)c(C(F)(F)OC)c(F)c1. The van der Waals surface area contributed by atoms with Crippen LogP contribution < -0.4 is 0 Å². The Labute approximate surface area is 146 Å². The van der Waals surface area contributed by atoms with E-state index in [0.717, 1.165) is 31.4 Å². The van der Waals surface area contributed by atoms with Crippen LogP contribution in [0.3, 0.4) is 0 Å². The summed E-state index contributed by atoms with van der Waals surface area (Å²) in [6, 6.07) is 1.89. The average molecular weight is 366 g/mol. The predicted octanol–water partition coefficient (Wildman–Crippen LogP) is 6.89. The van der Waals surface area contributed by atoms with Crippen molar-refractivity contribution in [2.75, 3.05) is 12.9 Å². The lowest BCUT2D eigenvalue weighted by molar-refractivity contribution is -0.235. The van der Waals surface area contributed by atoms with Gasteiger partial charge in [-0.2, -0.15) is 8.78 Å². The first-order chi connectivity index (χ1) is 11.4. The summed E-state index contributed by atoms with van der Waals surface area (Å²) in [7, 11) is 0.712. The predicted molar refractivity (Wildman–Crippen MR) is 90.6 cm³/mol. The normalized spacial score (nSPS) is 11.9. The van der Waals surface area contributed by atoms with Gasteiger partial charge in [-0.1, -0.05) is 51.9 Å². The molecule has 0 spiro atoms. The van der Waals surface area contributed by atoms with Crippen molar-refractivity contribution < 1.29 is 22.3 Å². The number of methoxy groups -OCH3 is 1. The molecule has 0 saturated carbocycles. The minimum atomic E-state index is -3.96. The molecule has 0 fully saturated rings. The van der Waals surface area contributed by atoms with Crippen LogP contribution in [0.5, 0.6) is 0 Å². The molecule has 138 valence electrons. The van der Waals surface area contributed by atoms with Gasteiger partial charge >= 0.3 is 6.11 Å². The summed E-state index contributed by atoms with van der Waals surface area (Å²) in [5, 5.41) is 0. The second-order valence-corrected chi connectivity index (χ2v) is 6.97. The fraction of sp³-hybridized carbons (Fsp3) is 0.667. The number of hydrogen-bond acceptors (Lipinski definition) is 2. The van der Waals surface area contributed by atoms with Crippen molar-refractivity contribution in [2.45, 2.75) is 69.3 Å². The van der Waals surface area contributed by atoms with Gasteiger partial charge in [0.1, 0.15) is 17.2 Å². The van der Waals surface area contributed by atoms with Crippen LogP contribution in [-0.4, -0.2) is 12.9 Å². The van der Waals surface area contributed by atoms with Gasteiger partial charge in [0.2, 0.25) is 0 Å². The summed E-state index contributed by atoms with van der Waals surface area (Å²) in [5.74, 6) is -1.84. The number of hydrogen-bond donors (Lipinski definition) is 0. The van der Waals surface area contributed by atoms with Gasteiger partial charge in [-0.15, -0.1) is 11.8 Å². The molecule has 1 rings (SSSR count). The third kappa shape index (κ3) is 7.01. The molecule has 0 radical (unpaired) electrons. The van der Waals surface area contributed by atoms with Crippen molar-refractivity contribution >= 4 is 11.8 Å². The van der Waals surface area contributed by atoms with Gasteiger partial charge in [0.05, 0.1) is 0 Å². The van der Waals surface area contributed by atoms with Crippen LogP contribution in [-0.2, 0) is 10.8 Å². The zero-order valence-electron chi connectivity index (χ0n) is 14.3. The Morgan fingerprint density at radius 1 is 0.917 bits per heavy atom. The highest BCUT2D eigenvalue weighted by Crippen LogP contribution is 2.35. The monoisotopic (exact) mass is 366 g/mol. The Hall–Kier alpha value is -0.750. The van der Waals surface area contributed by atoms with E-state index < -0.39 is 23.3 Å². The molecule has 0 N–H and O–H groups in total. The fourth-order valence-corrected chi connectivity index (χ4v) is 3.40. The fourth-order valence-electron chi connectivity index (χ4n) is 2.44. The minimum absolute atomic E-state index is 0.323. The van der Waals surface area contributed by atoms with Crippen LogP contribution in [0.15, 0.2) is 17.0 Å². The first-order valence-corrected chi connectivity index (χ1v) is 9.46. The molecule has 0 amide bonds. The second-order valence-electron chi connectivity index (χ2n) is 5.81. The van der Waals surface area contributed by atoms with Crippen LogP contribution in [0.2, 0.25) is 0 Å². The molecule has 0 aliphatic carbocycles. The molecule has 0 aromatic heterocycles. The molecule has 6 heteroatoms. The van der Waals surface area contributed by atoms with Crippen molar-refractivity contribution in [3.63, 3.8) is 0 Å². The lowest BCUT2D eigenvalue weighted by atomic mass is 10.1. The number of halogens is 4. The molecule has 0 heterocycles. The van der Waals surface area contributed by atoms with Crippen LogP contribution >= 0.6 is 11.8 Å². The summed E-state index contributed by atoms with van der Waals surface area (Å²) in [6.45, 7) is 2.19. The number of unbranched alkanes of at least 4 members (excludes halogenated alkanes) is 7. The van der Waals surface area contributed by atoms with Crippen molar-refractivity contribution in [1.29, 1.82) is 0 Å². The summed E-state index contributed by atoms with van der Waals surface area (Å²) >= 11 is 1.28. The second kappa shape index (κ2) is 11.0. The largest absolute Gasteiger partial charge is 0.388 e. The lowest BCUT2D eigenvalue weighted by Crippen LogP contribution is -2.19. The molecule has 1 nitrogen and oxygen atoms in total. The molecule has 1 aromatic rings. The van der Waals surface area contributed by atoms with E-state index in [9.17, 15) is 17.6 Å². The van der Waals surface area contributed by atoms with Crippen LogP contribution in [0, 0.1) is 11.6 Å². The zero-order chi connectivity index (χ0) is 18.0. The zero-order valence-corrected chi connectivity index (χ0v) is 15.2. The Morgan fingerprint density at radius 3 is 1.92 bits per heavy atom. The quantitative estimate of drug-likeness (QED) is 0.226. The first-order valence-electron chi connectivity index (χ1n) is 8.47. The molecule has 0 saturated heterocycles. The van der Waals surface area contributed by atoms with E-state index >= 15 is 0 Å². The molecule has 0 aliphatic rings. The van der Waals surface area contributed by atoms with Crippen LogP contribution in [0.1, 0.15) is 63.9 Å². The summed E-state index contributed by atoms with van der Waals surface area (Å²) in [6.07, 6.45) is 5.48. The van der Waals surface area contributed by atoms with Crippen molar-refractivity contribution in [1.82, 2.24) is 0 Å². The highest BCUT2D eigenvalue weighted by Gasteiger charge is 2.38. The topological polar surface area (TPSA) is 9.23 Å². The number of thioether (sulfide) groups is 1. The third-order valence-corrected chi connectivity index (χ3v) is 4.89. The van der Waals surface area contributed by atoms with E-state index in [4.69, 9.17) is 0 Å². The van der Waals surface area contributed by atoms with E-state index in [1.807, 2.05) is 0 Å². The van der Waals surface area contributed by atoms with Gasteiger partial charge in [-0.25, -0.2) is 8.78 Å². The number of rotatable bonds is 12. The summed E-state index contributed by atoms with van der Waals surface area (Å²) in [4.78, 5) is 0.323. The molecular weight excluding hydrogens is 340 g/mol. The van der Waals surface area contributed by atoms with E-state index in [2.05, 4.69) is 11.7 Å². The smallest absolute Gasteiger partial charge is 0.320 e. The molecule has 0 unspecified atom stereocenters. The summed E-state index contributed by atoms with van der Waals surface area (Å²) in [5.41, 5.74) is -1.33. The van der Waals surface area contributed by atoms with Gasteiger partial charge in [0.25, 0.3) is 0 Å². The maximum absolute atomic E-state index is 13.8. The molecule has 0 atom stereocenters. The molecule has 24 heavy (non-hydrogen) atoms. The number of benzene rings is 1. The molecular formula is C18H26F4OS. The van der Waals surface area contributed by atoms with Gasteiger partial charge in [-0.05, 0) is 24.3 Å². The van der Waals surface area contributed by atoms with Crippen molar-refractivity contribution in [3.8, 4) is 0 Å². The van der Waals surface area contributed by atoms with E-state index in [-0.39, 0.29) is 0 Å². The summed E-state index contributed by atoms with van der Waals surface area (Å²) < 4.78 is 58.0. The van der Waals surface area contributed by atoms with Gasteiger partial charge in [0.15, 0.2) is 0 Å². The van der Waals surface area contributed by atoms with E-state index in [1.165, 1.54) is 43.9 Å². The van der Waals surface area contributed by atoms with Gasteiger partial charge in [-0.3, -0.25) is 0 Å². The first kappa shape index (κ1) is 21.3. The van der Waals surface area contributed by atoms with Crippen molar-refractivity contribution in [3.05, 3.63) is 29.3 Å². The lowest BCUT2D eigenvalue weighted by Gasteiger charge is -2.16. The van der Waals surface area contributed by atoms with Crippen LogP contribution in [0.25, 0.3) is 0 Å². The molecule has 1 aromatic carbocycles. The highest BCUT2D eigenvalue weighted by atomic mass is 32.2. The Kier molecular flexibility index (Phi) is 9.74. The molecule has 0 bridgehead atoms. The average Bonchev–Trinajstić information content (AvgIpc) is 2.52. The van der Waals surface area contributed by atoms with Gasteiger partial charge in [0, 0.05) is 12.0 Å². The highest BCUT2D eigenvalue weighted by molar-refractivity contribution is 7.99. The Bertz CT molecular complexity index is 471. The maximum atomic E-state index is 13.8. The third-order valence-electron chi connectivity index (χ3n) is 3.83. The van der Waals surface area contributed by atoms with E-state index in [1.54, 1.807) is 0 Å². The Balaban J connectivity index is 2.37. The van der Waals surface area contributed by atoms with Crippen molar-refractivity contribution in [2.24, 2.45) is 0 Å². The Morgan fingerprint density at radius 2 is 1.42 bits per heavy atom. The minimum Gasteiger partial charge on any atom is -0.320 e. The van der Waals surface area contributed by atoms with Gasteiger partial charge < -0.3 is 4.74 Å². The molecule has 0 aliphatic heterocycles. The van der Waals surface area contributed by atoms with E-state index in [0.29, 0.717) is 17.8 Å². The van der Waals surface area contributed by atoms with Crippen LogP contribution in [0.4, 0.5) is 17.6 Å². The number of ether oxygens (including phenoxy) is 1. The standard InChI is InChI=1S/C18H26F4OS/c1-3-4-5-6-7-8-9-10-11-24-14-12-15(19)17(16(20)13-14)18(21,22)23-2/h12-13H,3-11H2,1-2H3.